The van der Waals surface area contributed by atoms with Crippen LogP contribution in [0.4, 0.5) is 0 Å². The van der Waals surface area contributed by atoms with Crippen molar-refractivity contribution in [1.82, 2.24) is 4.57 Å². The van der Waals surface area contributed by atoms with E-state index in [0.29, 0.717) is 11.6 Å². The summed E-state index contributed by atoms with van der Waals surface area (Å²) in [5.74, 6) is -0.293. The van der Waals surface area contributed by atoms with Crippen LogP contribution in [-0.4, -0.2) is 15.6 Å². The Morgan fingerprint density at radius 1 is 1.50 bits per heavy atom. The zero-order valence-electron chi connectivity index (χ0n) is 8.95. The van der Waals surface area contributed by atoms with Gasteiger partial charge < -0.3 is 9.67 Å². The van der Waals surface area contributed by atoms with Crippen molar-refractivity contribution in [2.75, 3.05) is 0 Å². The molecule has 0 aliphatic rings. The number of aromatic nitrogens is 1. The zero-order valence-corrected chi connectivity index (χ0v) is 8.95. The van der Waals surface area contributed by atoms with Crippen molar-refractivity contribution in [3.63, 3.8) is 0 Å². The molecule has 1 aromatic rings. The van der Waals surface area contributed by atoms with Gasteiger partial charge in [-0.05, 0) is 31.4 Å². The molecule has 0 atom stereocenters. The Kier molecular flexibility index (Phi) is 3.33. The van der Waals surface area contributed by atoms with E-state index >= 15 is 0 Å². The third-order valence-corrected chi connectivity index (χ3v) is 2.22. The lowest BCUT2D eigenvalue weighted by Crippen LogP contribution is -2.11. The van der Waals surface area contributed by atoms with Crippen LogP contribution in [0.5, 0.6) is 0 Å². The van der Waals surface area contributed by atoms with Gasteiger partial charge in [-0.25, -0.2) is 4.79 Å². The van der Waals surface area contributed by atoms with E-state index in [1.807, 2.05) is 17.6 Å². The lowest BCUT2D eigenvalue weighted by atomic mass is 10.1. The average molecular weight is 195 g/mol. The van der Waals surface area contributed by atoms with Crippen molar-refractivity contribution < 1.29 is 9.90 Å². The highest BCUT2D eigenvalue weighted by atomic mass is 16.4. The van der Waals surface area contributed by atoms with Gasteiger partial charge in [0.05, 0.1) is 0 Å². The van der Waals surface area contributed by atoms with Crippen molar-refractivity contribution >= 4 is 5.97 Å². The second-order valence-corrected chi connectivity index (χ2v) is 3.86. The molecular formula is C11H17NO2. The molecule has 1 heterocycles. The van der Waals surface area contributed by atoms with Crippen molar-refractivity contribution in [2.45, 2.75) is 33.7 Å². The van der Waals surface area contributed by atoms with Gasteiger partial charge in [-0.2, -0.15) is 0 Å². The molecule has 78 valence electrons. The molecule has 0 aliphatic heterocycles. The molecule has 0 radical (unpaired) electrons. The zero-order chi connectivity index (χ0) is 10.7. The maximum absolute atomic E-state index is 10.9. The van der Waals surface area contributed by atoms with E-state index in [0.717, 1.165) is 18.7 Å². The van der Waals surface area contributed by atoms with E-state index in [1.165, 1.54) is 0 Å². The molecule has 0 amide bonds. The number of carbonyl (C=O) groups is 1. The van der Waals surface area contributed by atoms with Gasteiger partial charge in [0, 0.05) is 12.2 Å². The second-order valence-electron chi connectivity index (χ2n) is 3.86. The van der Waals surface area contributed by atoms with Crippen LogP contribution in [0.15, 0.2) is 12.1 Å². The molecule has 0 saturated heterocycles. The average Bonchev–Trinajstić information content (AvgIpc) is 2.46. The van der Waals surface area contributed by atoms with Crippen LogP contribution in [0.1, 0.15) is 37.0 Å². The SMILES string of the molecule is CCn1c(CC(C)C)ccc1C(=O)O. The molecule has 1 rings (SSSR count). The summed E-state index contributed by atoms with van der Waals surface area (Å²) in [7, 11) is 0. The molecule has 1 N–H and O–H groups in total. The Morgan fingerprint density at radius 3 is 2.57 bits per heavy atom. The van der Waals surface area contributed by atoms with Gasteiger partial charge in [0.1, 0.15) is 5.69 Å². The monoisotopic (exact) mass is 195 g/mol. The topological polar surface area (TPSA) is 42.2 Å². The van der Waals surface area contributed by atoms with E-state index in [1.54, 1.807) is 6.07 Å². The van der Waals surface area contributed by atoms with Crippen LogP contribution in [0.25, 0.3) is 0 Å². The van der Waals surface area contributed by atoms with Crippen LogP contribution >= 0.6 is 0 Å². The highest BCUT2D eigenvalue weighted by molar-refractivity contribution is 5.86. The molecule has 0 bridgehead atoms. The predicted octanol–water partition coefficient (Wildman–Crippen LogP) is 2.40. The summed E-state index contributed by atoms with van der Waals surface area (Å²) in [5, 5.41) is 8.92. The standard InChI is InChI=1S/C11H17NO2/c1-4-12-9(7-8(2)3)5-6-10(12)11(13)14/h5-6,8H,4,7H2,1-3H3,(H,13,14). The molecule has 14 heavy (non-hydrogen) atoms. The maximum Gasteiger partial charge on any atom is 0.352 e. The van der Waals surface area contributed by atoms with Crippen molar-refractivity contribution in [3.8, 4) is 0 Å². The number of nitrogens with zero attached hydrogens (tertiary/aromatic N) is 1. The van der Waals surface area contributed by atoms with E-state index in [2.05, 4.69) is 13.8 Å². The number of carboxylic acids is 1. The van der Waals surface area contributed by atoms with Crippen molar-refractivity contribution in [1.29, 1.82) is 0 Å². The highest BCUT2D eigenvalue weighted by Gasteiger charge is 2.12. The summed E-state index contributed by atoms with van der Waals surface area (Å²) >= 11 is 0. The summed E-state index contributed by atoms with van der Waals surface area (Å²) in [5.41, 5.74) is 1.50. The summed E-state index contributed by atoms with van der Waals surface area (Å²) < 4.78 is 1.86. The molecule has 3 heteroatoms. The molecule has 0 aliphatic carbocycles. The molecule has 0 aromatic carbocycles. The normalized spacial score (nSPS) is 10.9. The Hall–Kier alpha value is -1.25. The van der Waals surface area contributed by atoms with Gasteiger partial charge in [-0.3, -0.25) is 0 Å². The first-order valence-electron chi connectivity index (χ1n) is 4.98. The fourth-order valence-corrected chi connectivity index (χ4v) is 1.67. The van der Waals surface area contributed by atoms with Crippen LogP contribution in [0.3, 0.4) is 0 Å². The van der Waals surface area contributed by atoms with Gasteiger partial charge in [-0.1, -0.05) is 13.8 Å². The first-order chi connectivity index (χ1) is 6.56. The van der Waals surface area contributed by atoms with Crippen LogP contribution in [-0.2, 0) is 13.0 Å². The summed E-state index contributed by atoms with van der Waals surface area (Å²) in [4.78, 5) is 10.9. The summed E-state index contributed by atoms with van der Waals surface area (Å²) in [6.07, 6.45) is 0.932. The molecule has 3 nitrogen and oxygen atoms in total. The minimum atomic E-state index is -0.846. The molecule has 0 fully saturated rings. The van der Waals surface area contributed by atoms with E-state index in [4.69, 9.17) is 5.11 Å². The van der Waals surface area contributed by atoms with Crippen LogP contribution in [0.2, 0.25) is 0 Å². The number of carboxylic acid groups (broad SMARTS) is 1. The molecule has 1 aromatic heterocycles. The van der Waals surface area contributed by atoms with Gasteiger partial charge in [0.2, 0.25) is 0 Å². The third kappa shape index (κ3) is 2.16. The lowest BCUT2D eigenvalue weighted by Gasteiger charge is -2.10. The predicted molar refractivity (Wildman–Crippen MR) is 55.6 cm³/mol. The van der Waals surface area contributed by atoms with Crippen LogP contribution in [0, 0.1) is 5.92 Å². The second kappa shape index (κ2) is 4.31. The van der Waals surface area contributed by atoms with E-state index in [-0.39, 0.29) is 0 Å². The van der Waals surface area contributed by atoms with Crippen LogP contribution < -0.4 is 0 Å². The number of hydrogen-bond donors (Lipinski definition) is 1. The summed E-state index contributed by atoms with van der Waals surface area (Å²) in [6.45, 7) is 6.95. The largest absolute Gasteiger partial charge is 0.477 e. The van der Waals surface area contributed by atoms with Gasteiger partial charge in [0.15, 0.2) is 0 Å². The minimum Gasteiger partial charge on any atom is -0.477 e. The quantitative estimate of drug-likeness (QED) is 0.801. The fourth-order valence-electron chi connectivity index (χ4n) is 1.67. The Morgan fingerprint density at radius 2 is 2.14 bits per heavy atom. The maximum atomic E-state index is 10.9. The van der Waals surface area contributed by atoms with Gasteiger partial charge >= 0.3 is 5.97 Å². The number of rotatable bonds is 4. The van der Waals surface area contributed by atoms with Crippen molar-refractivity contribution in [3.05, 3.63) is 23.5 Å². The Bertz CT molecular complexity index is 326. The first-order valence-corrected chi connectivity index (χ1v) is 4.98. The minimum absolute atomic E-state index is 0.392. The Balaban J connectivity index is 3.01. The van der Waals surface area contributed by atoms with E-state index < -0.39 is 5.97 Å². The highest BCUT2D eigenvalue weighted by Crippen LogP contribution is 2.13. The number of hydrogen-bond acceptors (Lipinski definition) is 1. The number of aromatic carboxylic acids is 1. The van der Waals surface area contributed by atoms with E-state index in [9.17, 15) is 4.79 Å². The lowest BCUT2D eigenvalue weighted by molar-refractivity contribution is 0.0685. The van der Waals surface area contributed by atoms with Crippen molar-refractivity contribution in [2.24, 2.45) is 5.92 Å². The molecule has 0 saturated carbocycles. The smallest absolute Gasteiger partial charge is 0.352 e. The fraction of sp³-hybridized carbons (Fsp3) is 0.545. The molecule has 0 unspecified atom stereocenters. The van der Waals surface area contributed by atoms with Gasteiger partial charge in [-0.15, -0.1) is 0 Å². The third-order valence-electron chi connectivity index (χ3n) is 2.22. The Labute approximate surface area is 84.4 Å². The van der Waals surface area contributed by atoms with Gasteiger partial charge in [0.25, 0.3) is 0 Å². The summed E-state index contributed by atoms with van der Waals surface area (Å²) in [6, 6.07) is 3.59. The molecular weight excluding hydrogens is 178 g/mol. The molecule has 0 spiro atoms. The first kappa shape index (κ1) is 10.8.